The fourth-order valence-corrected chi connectivity index (χ4v) is 2.48. The Kier molecular flexibility index (Phi) is 5.69. The number of hydrogen-bond donors (Lipinski definition) is 2. The van der Waals surface area contributed by atoms with Gasteiger partial charge in [-0.15, -0.1) is 12.4 Å². The van der Waals surface area contributed by atoms with E-state index in [1.807, 2.05) is 12.1 Å². The van der Waals surface area contributed by atoms with Gasteiger partial charge in [-0.3, -0.25) is 0 Å². The van der Waals surface area contributed by atoms with Gasteiger partial charge < -0.3 is 11.1 Å². The third-order valence-electron chi connectivity index (χ3n) is 3.03. The van der Waals surface area contributed by atoms with Crippen LogP contribution < -0.4 is 11.1 Å². The Morgan fingerprint density at radius 3 is 2.75 bits per heavy atom. The third-order valence-corrected chi connectivity index (χ3v) is 3.46. The molecule has 3 N–H and O–H groups in total. The summed E-state index contributed by atoms with van der Waals surface area (Å²) in [6, 6.07) is 4.18. The van der Waals surface area contributed by atoms with Gasteiger partial charge in [0.05, 0.1) is 0 Å². The Morgan fingerprint density at radius 2 is 2.12 bits per heavy atom. The maximum Gasteiger partial charge on any atom is 0.106 e. The Bertz CT molecular complexity index is 329. The van der Waals surface area contributed by atoms with Crippen molar-refractivity contribution < 1.29 is 0 Å². The first kappa shape index (κ1) is 13.9. The lowest BCUT2D eigenvalue weighted by atomic mass is 9.87. The molecule has 0 spiro atoms. The molecule has 1 atom stereocenters. The second kappa shape index (κ2) is 6.55. The Hall–Kier alpha value is -0.160. The lowest BCUT2D eigenvalue weighted by molar-refractivity contribution is 0.322. The average molecular weight is 307 g/mol. The summed E-state index contributed by atoms with van der Waals surface area (Å²) in [7, 11) is 0. The van der Waals surface area contributed by atoms with E-state index in [9.17, 15) is 0 Å². The minimum Gasteiger partial charge on any atom is -0.324 e. The number of nitrogens with one attached hydrogen (secondary N) is 1. The summed E-state index contributed by atoms with van der Waals surface area (Å²) in [5, 5.41) is 3.36. The number of halogens is 2. The summed E-state index contributed by atoms with van der Waals surface area (Å²) in [6.45, 7) is 2.18. The monoisotopic (exact) mass is 305 g/mol. The first-order valence-corrected chi connectivity index (χ1v) is 6.14. The number of nitrogens with zero attached hydrogens (tertiary/aromatic N) is 1. The summed E-state index contributed by atoms with van der Waals surface area (Å²) in [4.78, 5) is 4.12. The van der Waals surface area contributed by atoms with Crippen LogP contribution in [0.3, 0.4) is 0 Å². The lowest BCUT2D eigenvalue weighted by Crippen LogP contribution is -2.33. The van der Waals surface area contributed by atoms with E-state index in [0.29, 0.717) is 5.92 Å². The second-order valence-electron chi connectivity index (χ2n) is 4.03. The predicted octanol–water partition coefficient (Wildman–Crippen LogP) is 2.27. The topological polar surface area (TPSA) is 50.9 Å². The molecule has 0 aliphatic carbocycles. The molecule has 1 aliphatic rings. The van der Waals surface area contributed by atoms with Gasteiger partial charge in [-0.25, -0.2) is 4.98 Å². The molecule has 1 aliphatic heterocycles. The van der Waals surface area contributed by atoms with E-state index < -0.39 is 0 Å². The van der Waals surface area contributed by atoms with Crippen LogP contribution in [0.15, 0.2) is 22.9 Å². The SMILES string of the molecule is Cl.N[C@@H](c1ccnc(Br)c1)C1CCNCC1. The zero-order valence-corrected chi connectivity index (χ0v) is 11.4. The van der Waals surface area contributed by atoms with Crippen molar-refractivity contribution in [1.82, 2.24) is 10.3 Å². The van der Waals surface area contributed by atoms with Gasteiger partial charge in [0.1, 0.15) is 4.60 Å². The van der Waals surface area contributed by atoms with Gasteiger partial charge in [0.2, 0.25) is 0 Å². The number of aromatic nitrogens is 1. The van der Waals surface area contributed by atoms with Crippen LogP contribution in [-0.2, 0) is 0 Å². The normalized spacial score (nSPS) is 18.9. The molecular formula is C11H17BrClN3. The van der Waals surface area contributed by atoms with E-state index in [-0.39, 0.29) is 18.4 Å². The Labute approximate surface area is 111 Å². The maximum absolute atomic E-state index is 6.26. The molecule has 0 bridgehead atoms. The molecule has 16 heavy (non-hydrogen) atoms. The molecular weight excluding hydrogens is 289 g/mol. The van der Waals surface area contributed by atoms with Gasteiger partial charge in [0.25, 0.3) is 0 Å². The molecule has 0 amide bonds. The highest BCUT2D eigenvalue weighted by Crippen LogP contribution is 2.27. The highest BCUT2D eigenvalue weighted by atomic mass is 79.9. The fraction of sp³-hybridized carbons (Fsp3) is 0.545. The summed E-state index contributed by atoms with van der Waals surface area (Å²) in [5.74, 6) is 0.598. The Morgan fingerprint density at radius 1 is 1.44 bits per heavy atom. The zero-order valence-electron chi connectivity index (χ0n) is 9.03. The number of rotatable bonds is 2. The number of nitrogens with two attached hydrogens (primary N) is 1. The summed E-state index contributed by atoms with van der Waals surface area (Å²) >= 11 is 3.38. The van der Waals surface area contributed by atoms with Crippen molar-refractivity contribution in [2.24, 2.45) is 11.7 Å². The number of piperidine rings is 1. The predicted molar refractivity (Wildman–Crippen MR) is 71.7 cm³/mol. The van der Waals surface area contributed by atoms with Crippen molar-refractivity contribution in [1.29, 1.82) is 0 Å². The van der Waals surface area contributed by atoms with Gasteiger partial charge in [-0.05, 0) is 65.5 Å². The minimum atomic E-state index is 0. The Balaban J connectivity index is 0.00000128. The van der Waals surface area contributed by atoms with E-state index in [1.54, 1.807) is 6.20 Å². The standard InChI is InChI=1S/C11H16BrN3.ClH/c12-10-7-9(3-6-15-10)11(13)8-1-4-14-5-2-8;/h3,6-8,11,14H,1-2,4-5,13H2;1H/t11-;/m1./s1. The van der Waals surface area contributed by atoms with E-state index in [1.165, 1.54) is 18.4 Å². The van der Waals surface area contributed by atoms with Crippen LogP contribution in [0.25, 0.3) is 0 Å². The summed E-state index contributed by atoms with van der Waals surface area (Å²) in [6.07, 6.45) is 4.14. The maximum atomic E-state index is 6.26. The zero-order chi connectivity index (χ0) is 10.7. The van der Waals surface area contributed by atoms with Crippen LogP contribution in [0.2, 0.25) is 0 Å². The number of hydrogen-bond acceptors (Lipinski definition) is 3. The van der Waals surface area contributed by atoms with E-state index in [4.69, 9.17) is 5.73 Å². The van der Waals surface area contributed by atoms with Gasteiger partial charge in [0.15, 0.2) is 0 Å². The molecule has 0 aromatic carbocycles. The van der Waals surface area contributed by atoms with Crippen LogP contribution in [0.5, 0.6) is 0 Å². The molecule has 1 aromatic rings. The summed E-state index contributed by atoms with van der Waals surface area (Å²) < 4.78 is 0.865. The first-order chi connectivity index (χ1) is 7.27. The second-order valence-corrected chi connectivity index (χ2v) is 4.84. The molecule has 2 heterocycles. The van der Waals surface area contributed by atoms with Gasteiger partial charge in [-0.1, -0.05) is 0 Å². The smallest absolute Gasteiger partial charge is 0.106 e. The lowest BCUT2D eigenvalue weighted by Gasteiger charge is -2.28. The van der Waals surface area contributed by atoms with Crippen molar-refractivity contribution in [2.45, 2.75) is 18.9 Å². The van der Waals surface area contributed by atoms with Crippen molar-refractivity contribution in [3.05, 3.63) is 28.5 Å². The minimum absolute atomic E-state index is 0. The molecule has 90 valence electrons. The van der Waals surface area contributed by atoms with Crippen LogP contribution in [-0.4, -0.2) is 18.1 Å². The molecule has 5 heteroatoms. The molecule has 1 fully saturated rings. The van der Waals surface area contributed by atoms with Gasteiger partial charge >= 0.3 is 0 Å². The van der Waals surface area contributed by atoms with E-state index in [2.05, 4.69) is 26.2 Å². The highest BCUT2D eigenvalue weighted by molar-refractivity contribution is 9.10. The van der Waals surface area contributed by atoms with Crippen molar-refractivity contribution in [3.63, 3.8) is 0 Å². The van der Waals surface area contributed by atoms with Crippen LogP contribution in [0.1, 0.15) is 24.4 Å². The quantitative estimate of drug-likeness (QED) is 0.824. The molecule has 0 radical (unpaired) electrons. The number of pyridine rings is 1. The molecule has 3 nitrogen and oxygen atoms in total. The van der Waals surface area contributed by atoms with Gasteiger partial charge in [0, 0.05) is 12.2 Å². The van der Waals surface area contributed by atoms with E-state index in [0.717, 1.165) is 17.7 Å². The van der Waals surface area contributed by atoms with Crippen LogP contribution in [0, 0.1) is 5.92 Å². The van der Waals surface area contributed by atoms with E-state index >= 15 is 0 Å². The average Bonchev–Trinajstić information content (AvgIpc) is 2.29. The third kappa shape index (κ3) is 3.42. The highest BCUT2D eigenvalue weighted by Gasteiger charge is 2.21. The van der Waals surface area contributed by atoms with Crippen LogP contribution in [0.4, 0.5) is 0 Å². The van der Waals surface area contributed by atoms with Crippen molar-refractivity contribution >= 4 is 28.3 Å². The molecule has 1 aromatic heterocycles. The molecule has 0 unspecified atom stereocenters. The molecule has 1 saturated heterocycles. The molecule has 0 saturated carbocycles. The summed E-state index contributed by atoms with van der Waals surface area (Å²) in [5.41, 5.74) is 7.45. The van der Waals surface area contributed by atoms with Gasteiger partial charge in [-0.2, -0.15) is 0 Å². The van der Waals surface area contributed by atoms with Crippen molar-refractivity contribution in [3.8, 4) is 0 Å². The fourth-order valence-electron chi connectivity index (χ4n) is 2.10. The largest absolute Gasteiger partial charge is 0.324 e. The first-order valence-electron chi connectivity index (χ1n) is 5.35. The van der Waals surface area contributed by atoms with Crippen molar-refractivity contribution in [2.75, 3.05) is 13.1 Å². The molecule has 2 rings (SSSR count). The van der Waals surface area contributed by atoms with Crippen LogP contribution >= 0.6 is 28.3 Å².